The van der Waals surface area contributed by atoms with E-state index < -0.39 is 0 Å². The van der Waals surface area contributed by atoms with Crippen molar-refractivity contribution < 1.29 is 4.79 Å². The summed E-state index contributed by atoms with van der Waals surface area (Å²) >= 11 is 0. The summed E-state index contributed by atoms with van der Waals surface area (Å²) in [5, 5.41) is 1.70. The summed E-state index contributed by atoms with van der Waals surface area (Å²) < 4.78 is 0. The van der Waals surface area contributed by atoms with E-state index in [2.05, 4.69) is 9.97 Å². The van der Waals surface area contributed by atoms with Gasteiger partial charge in [0.15, 0.2) is 0 Å². The first-order valence-electron chi connectivity index (χ1n) is 10.5. The molecule has 0 atom stereocenters. The first kappa shape index (κ1) is 20.8. The number of hydrogen-bond donors (Lipinski definition) is 3. The number of nitrogen functional groups attached to an aromatic ring is 2. The fourth-order valence-electron chi connectivity index (χ4n) is 4.02. The molecule has 0 aromatic carbocycles. The molecular formula is C22H28N8O. The Kier molecular flexibility index (Phi) is 5.60. The van der Waals surface area contributed by atoms with E-state index in [0.29, 0.717) is 47.7 Å². The number of carbonyl (C=O) groups is 1. The van der Waals surface area contributed by atoms with Gasteiger partial charge in [-0.25, -0.2) is 15.8 Å². The predicted molar refractivity (Wildman–Crippen MR) is 123 cm³/mol. The van der Waals surface area contributed by atoms with Gasteiger partial charge in [-0.05, 0) is 43.5 Å². The molecule has 0 radical (unpaired) electrons. The van der Waals surface area contributed by atoms with E-state index in [0.717, 1.165) is 29.7 Å². The number of anilines is 3. The minimum Gasteiger partial charge on any atom is -0.396 e. The topological polar surface area (TPSA) is 140 Å². The number of nitrogens with two attached hydrogens (primary N) is 3. The molecule has 31 heavy (non-hydrogen) atoms. The summed E-state index contributed by atoms with van der Waals surface area (Å²) in [6.07, 6.45) is 5.38. The van der Waals surface area contributed by atoms with Crippen molar-refractivity contribution in [2.45, 2.75) is 39.2 Å². The number of piperidine rings is 1. The first-order valence-corrected chi connectivity index (χ1v) is 10.5. The number of carbonyl (C=O) groups excluding carboxylic acids is 1. The van der Waals surface area contributed by atoms with Gasteiger partial charge in [0, 0.05) is 37.3 Å². The summed E-state index contributed by atoms with van der Waals surface area (Å²) in [5.41, 5.74) is 17.1. The Morgan fingerprint density at radius 3 is 2.61 bits per heavy atom. The fourth-order valence-corrected chi connectivity index (χ4v) is 4.02. The van der Waals surface area contributed by atoms with Crippen molar-refractivity contribution in [1.29, 1.82) is 0 Å². The number of hydrogen-bond acceptors (Lipinski definition) is 8. The van der Waals surface area contributed by atoms with Crippen LogP contribution in [0.2, 0.25) is 0 Å². The molecule has 3 aromatic heterocycles. The SMILES string of the molecule is CCC(=O)N1CCC(N(N)c2c(N)cnc3ccc(-c4cnc(N)c(C)c4)nc23)CC1. The third kappa shape index (κ3) is 3.96. The van der Waals surface area contributed by atoms with Crippen molar-refractivity contribution in [2.24, 2.45) is 5.84 Å². The highest BCUT2D eigenvalue weighted by molar-refractivity contribution is 5.95. The largest absolute Gasteiger partial charge is 0.396 e. The number of pyridine rings is 3. The van der Waals surface area contributed by atoms with Gasteiger partial charge in [0.1, 0.15) is 17.0 Å². The number of amides is 1. The van der Waals surface area contributed by atoms with Gasteiger partial charge in [-0.15, -0.1) is 0 Å². The number of aromatic nitrogens is 3. The molecule has 1 aliphatic heterocycles. The molecule has 1 amide bonds. The lowest BCUT2D eigenvalue weighted by atomic mass is 10.0. The molecule has 1 fully saturated rings. The zero-order valence-electron chi connectivity index (χ0n) is 17.9. The second kappa shape index (κ2) is 8.35. The maximum Gasteiger partial charge on any atom is 0.222 e. The Balaban J connectivity index is 1.69. The standard InChI is InChI=1S/C22H28N8O/c1-3-19(31)29-8-6-15(7-9-29)30(25)21-16(23)12-26-18-5-4-17(28-20(18)21)14-10-13(2)22(24)27-11-14/h4-5,10-12,15H,3,6-9,23,25H2,1-2H3,(H2,24,27). The smallest absolute Gasteiger partial charge is 0.222 e. The normalized spacial score (nSPS) is 14.7. The van der Waals surface area contributed by atoms with Crippen LogP contribution in [-0.2, 0) is 4.79 Å². The van der Waals surface area contributed by atoms with Gasteiger partial charge >= 0.3 is 0 Å². The number of nitrogens with zero attached hydrogens (tertiary/aromatic N) is 5. The molecule has 1 saturated heterocycles. The van der Waals surface area contributed by atoms with Crippen LogP contribution >= 0.6 is 0 Å². The lowest BCUT2D eigenvalue weighted by molar-refractivity contribution is -0.131. The lowest BCUT2D eigenvalue weighted by Crippen LogP contribution is -2.50. The van der Waals surface area contributed by atoms with Crippen molar-refractivity contribution in [3.63, 3.8) is 0 Å². The van der Waals surface area contributed by atoms with E-state index in [1.807, 2.05) is 36.9 Å². The van der Waals surface area contributed by atoms with Crippen molar-refractivity contribution in [2.75, 3.05) is 29.6 Å². The quantitative estimate of drug-likeness (QED) is 0.431. The molecule has 0 aliphatic carbocycles. The van der Waals surface area contributed by atoms with E-state index in [-0.39, 0.29) is 11.9 Å². The zero-order valence-corrected chi connectivity index (χ0v) is 17.9. The molecule has 9 nitrogen and oxygen atoms in total. The Morgan fingerprint density at radius 1 is 1.19 bits per heavy atom. The van der Waals surface area contributed by atoms with Crippen molar-refractivity contribution in [3.05, 3.63) is 36.2 Å². The van der Waals surface area contributed by atoms with Crippen LogP contribution in [-0.4, -0.2) is 44.9 Å². The van der Waals surface area contributed by atoms with Crippen molar-refractivity contribution >= 4 is 34.1 Å². The third-order valence-corrected chi connectivity index (χ3v) is 5.90. The number of hydrazine groups is 1. The van der Waals surface area contributed by atoms with Crippen LogP contribution in [0, 0.1) is 6.92 Å². The monoisotopic (exact) mass is 420 g/mol. The van der Waals surface area contributed by atoms with Gasteiger partial charge in [0.2, 0.25) is 5.91 Å². The van der Waals surface area contributed by atoms with Crippen molar-refractivity contribution in [1.82, 2.24) is 19.9 Å². The Hall–Kier alpha value is -3.46. The molecule has 0 bridgehead atoms. The molecule has 4 heterocycles. The number of fused-ring (bicyclic) bond motifs is 1. The molecule has 4 rings (SSSR count). The summed E-state index contributed by atoms with van der Waals surface area (Å²) in [7, 11) is 0. The highest BCUT2D eigenvalue weighted by Crippen LogP contribution is 2.33. The van der Waals surface area contributed by atoms with Gasteiger partial charge in [0.25, 0.3) is 0 Å². The second-order valence-corrected chi connectivity index (χ2v) is 7.93. The van der Waals surface area contributed by atoms with Crippen LogP contribution < -0.4 is 22.3 Å². The van der Waals surface area contributed by atoms with Crippen LogP contribution in [0.25, 0.3) is 22.3 Å². The van der Waals surface area contributed by atoms with Crippen LogP contribution in [0.15, 0.2) is 30.6 Å². The molecule has 3 aromatic rings. The summed E-state index contributed by atoms with van der Waals surface area (Å²) in [5.74, 6) is 7.25. The number of rotatable bonds is 4. The minimum absolute atomic E-state index is 0.0553. The maximum absolute atomic E-state index is 12.0. The first-order chi connectivity index (χ1) is 14.9. The van der Waals surface area contributed by atoms with Gasteiger partial charge < -0.3 is 21.4 Å². The molecule has 0 saturated carbocycles. The number of likely N-dealkylation sites (tertiary alicyclic amines) is 1. The Bertz CT molecular complexity index is 1120. The summed E-state index contributed by atoms with van der Waals surface area (Å²) in [4.78, 5) is 27.4. The molecular weight excluding hydrogens is 392 g/mol. The fraction of sp³-hybridized carbons (Fsp3) is 0.364. The van der Waals surface area contributed by atoms with Gasteiger partial charge in [0.05, 0.1) is 23.1 Å². The minimum atomic E-state index is 0.0553. The van der Waals surface area contributed by atoms with E-state index in [9.17, 15) is 4.79 Å². The van der Waals surface area contributed by atoms with Gasteiger partial charge in [-0.2, -0.15) is 0 Å². The average Bonchev–Trinajstić information content (AvgIpc) is 2.79. The van der Waals surface area contributed by atoms with Crippen LogP contribution in [0.5, 0.6) is 0 Å². The molecule has 1 aliphatic rings. The third-order valence-electron chi connectivity index (χ3n) is 5.90. The average molecular weight is 421 g/mol. The summed E-state index contributed by atoms with van der Waals surface area (Å²) in [6, 6.07) is 5.82. The lowest BCUT2D eigenvalue weighted by Gasteiger charge is -2.37. The van der Waals surface area contributed by atoms with Crippen LogP contribution in [0.4, 0.5) is 17.2 Å². The zero-order chi connectivity index (χ0) is 22.1. The predicted octanol–water partition coefficient (Wildman–Crippen LogP) is 2.25. The molecule has 162 valence electrons. The van der Waals surface area contributed by atoms with E-state index in [4.69, 9.17) is 22.3 Å². The van der Waals surface area contributed by atoms with Crippen LogP contribution in [0.3, 0.4) is 0 Å². The van der Waals surface area contributed by atoms with Gasteiger partial charge in [-0.1, -0.05) is 6.92 Å². The molecule has 6 N–H and O–H groups in total. The highest BCUT2D eigenvalue weighted by Gasteiger charge is 2.27. The second-order valence-electron chi connectivity index (χ2n) is 7.93. The summed E-state index contributed by atoms with van der Waals surface area (Å²) in [6.45, 7) is 5.16. The molecule has 9 heteroatoms. The number of aryl methyl sites for hydroxylation is 1. The van der Waals surface area contributed by atoms with Crippen molar-refractivity contribution in [3.8, 4) is 11.3 Å². The van der Waals surface area contributed by atoms with E-state index in [1.54, 1.807) is 17.4 Å². The molecule has 0 unspecified atom stereocenters. The van der Waals surface area contributed by atoms with Gasteiger partial charge in [-0.3, -0.25) is 9.78 Å². The van der Waals surface area contributed by atoms with E-state index in [1.165, 1.54) is 0 Å². The Morgan fingerprint density at radius 2 is 1.94 bits per heavy atom. The molecule has 0 spiro atoms. The van der Waals surface area contributed by atoms with Crippen LogP contribution in [0.1, 0.15) is 31.7 Å². The van der Waals surface area contributed by atoms with E-state index >= 15 is 0 Å². The Labute approximate surface area is 181 Å². The highest BCUT2D eigenvalue weighted by atomic mass is 16.2. The maximum atomic E-state index is 12.0.